The number of hydrogen-bond acceptors (Lipinski definition) is 3. The van der Waals surface area contributed by atoms with E-state index in [4.69, 9.17) is 10.3 Å². The lowest BCUT2D eigenvalue weighted by Gasteiger charge is -1.95. The second kappa shape index (κ2) is 3.51. The van der Waals surface area contributed by atoms with Gasteiger partial charge in [-0.05, 0) is 24.3 Å². The average Bonchev–Trinajstić information content (AvgIpc) is 1.86. The van der Waals surface area contributed by atoms with Crippen molar-refractivity contribution in [2.45, 2.75) is 4.90 Å². The van der Waals surface area contributed by atoms with Gasteiger partial charge in [-0.3, -0.25) is 9.26 Å². The first-order valence-corrected chi connectivity index (χ1v) is 4.27. The molecule has 0 saturated heterocycles. The van der Waals surface area contributed by atoms with Crippen LogP contribution >= 0.6 is 0 Å². The van der Waals surface area contributed by atoms with Crippen molar-refractivity contribution in [2.75, 3.05) is 5.73 Å². The minimum absolute atomic E-state index is 0. The highest BCUT2D eigenvalue weighted by Gasteiger charge is 2.06. The summed E-state index contributed by atoms with van der Waals surface area (Å²) in [5.41, 5.74) is 5.75. The zero-order valence-electron chi connectivity index (χ0n) is 5.97. The van der Waals surface area contributed by atoms with Crippen molar-refractivity contribution in [3.8, 4) is 0 Å². The Morgan fingerprint density at radius 1 is 1.17 bits per heavy atom. The van der Waals surface area contributed by atoms with Crippen molar-refractivity contribution in [1.82, 2.24) is 0 Å². The molecular weight excluding hydrogens is 185 g/mol. The summed E-state index contributed by atoms with van der Waals surface area (Å²) < 4.78 is 29.4. The Bertz CT molecular complexity index is 346. The third-order valence-electron chi connectivity index (χ3n) is 1.18. The fraction of sp³-hybridized carbons (Fsp3) is 0. The number of nitrogens with two attached hydrogens (primary N) is 1. The Morgan fingerprint density at radius 3 is 1.92 bits per heavy atom. The molecule has 0 saturated carbocycles. The molecule has 0 spiro atoms. The normalized spacial score (nSPS) is 10.4. The maximum Gasteiger partial charge on any atom is 0.294 e. The molecule has 0 atom stereocenters. The quantitative estimate of drug-likeness (QED) is 0.507. The molecule has 0 fully saturated rings. The van der Waals surface area contributed by atoms with E-state index >= 15 is 0 Å². The molecule has 0 aliphatic heterocycles. The maximum absolute atomic E-state index is 10.5. The van der Waals surface area contributed by atoms with E-state index in [1.54, 1.807) is 0 Å². The van der Waals surface area contributed by atoms with Gasteiger partial charge >= 0.3 is 0 Å². The molecular formula is C6H8FNO3S. The first-order chi connectivity index (χ1) is 5.00. The number of rotatable bonds is 1. The van der Waals surface area contributed by atoms with Gasteiger partial charge in [0.05, 0.1) is 4.90 Å². The number of nitrogen functional groups attached to an aromatic ring is 1. The monoisotopic (exact) mass is 193 g/mol. The second-order valence-corrected chi connectivity index (χ2v) is 3.47. The molecule has 4 nitrogen and oxygen atoms in total. The molecule has 0 heterocycles. The topological polar surface area (TPSA) is 80.4 Å². The molecule has 0 aliphatic rings. The van der Waals surface area contributed by atoms with Crippen LogP contribution in [0.15, 0.2) is 29.2 Å². The number of anilines is 1. The van der Waals surface area contributed by atoms with Gasteiger partial charge in [0.1, 0.15) is 0 Å². The summed E-state index contributed by atoms with van der Waals surface area (Å²) in [5.74, 6) is 0. The summed E-state index contributed by atoms with van der Waals surface area (Å²) in [4.78, 5) is -0.147. The van der Waals surface area contributed by atoms with E-state index in [1.165, 1.54) is 24.3 Å². The zero-order valence-corrected chi connectivity index (χ0v) is 6.78. The highest BCUT2D eigenvalue weighted by atomic mass is 32.2. The van der Waals surface area contributed by atoms with Crippen LogP contribution in [0.4, 0.5) is 10.4 Å². The van der Waals surface area contributed by atoms with Crippen LogP contribution in [-0.4, -0.2) is 13.0 Å². The van der Waals surface area contributed by atoms with Crippen LogP contribution < -0.4 is 5.73 Å². The van der Waals surface area contributed by atoms with Crippen LogP contribution in [0.3, 0.4) is 0 Å². The predicted octanol–water partition coefficient (Wildman–Crippen LogP) is 0.668. The first-order valence-electron chi connectivity index (χ1n) is 2.83. The van der Waals surface area contributed by atoms with Crippen LogP contribution in [0.5, 0.6) is 0 Å². The first kappa shape index (κ1) is 10.9. The van der Waals surface area contributed by atoms with E-state index in [9.17, 15) is 8.42 Å². The Hall–Kier alpha value is -1.14. The Labute approximate surface area is 69.1 Å². The van der Waals surface area contributed by atoms with E-state index in [-0.39, 0.29) is 9.60 Å². The third kappa shape index (κ3) is 2.48. The van der Waals surface area contributed by atoms with Gasteiger partial charge in [0.25, 0.3) is 10.1 Å². The minimum atomic E-state index is -4.08. The van der Waals surface area contributed by atoms with E-state index in [0.717, 1.165) is 0 Å². The van der Waals surface area contributed by atoms with Crippen LogP contribution in [0.25, 0.3) is 0 Å². The van der Waals surface area contributed by atoms with E-state index in [1.807, 2.05) is 0 Å². The van der Waals surface area contributed by atoms with Crippen molar-refractivity contribution in [3.63, 3.8) is 0 Å². The van der Waals surface area contributed by atoms with Crippen LogP contribution in [-0.2, 0) is 10.1 Å². The second-order valence-electron chi connectivity index (χ2n) is 2.04. The van der Waals surface area contributed by atoms with Gasteiger partial charge in [-0.2, -0.15) is 8.42 Å². The molecule has 0 amide bonds. The maximum atomic E-state index is 10.5. The lowest BCUT2D eigenvalue weighted by atomic mass is 10.3. The molecule has 68 valence electrons. The van der Waals surface area contributed by atoms with Gasteiger partial charge in [-0.15, -0.1) is 0 Å². The summed E-state index contributed by atoms with van der Waals surface area (Å²) in [6.45, 7) is 0. The standard InChI is InChI=1S/C6H7NO3S.FH/c7-5-1-3-6(4-2-5)11(8,9)10;/h1-4H,7H2,(H,8,9,10);1H. The van der Waals surface area contributed by atoms with Crippen LogP contribution in [0.1, 0.15) is 0 Å². The fourth-order valence-electron chi connectivity index (χ4n) is 0.640. The Morgan fingerprint density at radius 2 is 1.58 bits per heavy atom. The van der Waals surface area contributed by atoms with Crippen molar-refractivity contribution >= 4 is 15.8 Å². The van der Waals surface area contributed by atoms with Crippen molar-refractivity contribution in [2.24, 2.45) is 0 Å². The molecule has 0 bridgehead atoms. The van der Waals surface area contributed by atoms with Gasteiger partial charge in [-0.1, -0.05) is 0 Å². The predicted molar refractivity (Wildman–Crippen MR) is 43.2 cm³/mol. The highest BCUT2D eigenvalue weighted by Crippen LogP contribution is 2.10. The van der Waals surface area contributed by atoms with Gasteiger partial charge in [0.2, 0.25) is 0 Å². The third-order valence-corrected chi connectivity index (χ3v) is 2.05. The molecule has 0 radical (unpaired) electrons. The summed E-state index contributed by atoms with van der Waals surface area (Å²) in [6.07, 6.45) is 0. The van der Waals surface area contributed by atoms with Crippen molar-refractivity contribution in [3.05, 3.63) is 24.3 Å². The summed E-state index contributed by atoms with van der Waals surface area (Å²) in [7, 11) is -4.08. The lowest BCUT2D eigenvalue weighted by Crippen LogP contribution is -1.97. The molecule has 1 aromatic rings. The highest BCUT2D eigenvalue weighted by molar-refractivity contribution is 7.85. The molecule has 6 heteroatoms. The Kier molecular flexibility index (Phi) is 3.17. The minimum Gasteiger partial charge on any atom is -0.399 e. The summed E-state index contributed by atoms with van der Waals surface area (Å²) in [6, 6.07) is 5.29. The molecule has 3 N–H and O–H groups in total. The largest absolute Gasteiger partial charge is 0.399 e. The number of benzene rings is 1. The van der Waals surface area contributed by atoms with E-state index in [2.05, 4.69) is 0 Å². The summed E-state index contributed by atoms with van der Waals surface area (Å²) in [5, 5.41) is 0. The smallest absolute Gasteiger partial charge is 0.294 e. The fourth-order valence-corrected chi connectivity index (χ4v) is 1.12. The van der Waals surface area contributed by atoms with E-state index < -0.39 is 10.1 Å². The molecule has 1 rings (SSSR count). The summed E-state index contributed by atoms with van der Waals surface area (Å²) >= 11 is 0. The Balaban J connectivity index is 0.00000121. The molecule has 12 heavy (non-hydrogen) atoms. The van der Waals surface area contributed by atoms with Gasteiger partial charge in [-0.25, -0.2) is 0 Å². The van der Waals surface area contributed by atoms with Crippen molar-refractivity contribution in [1.29, 1.82) is 0 Å². The van der Waals surface area contributed by atoms with E-state index in [0.29, 0.717) is 5.69 Å². The average molecular weight is 193 g/mol. The zero-order chi connectivity index (χ0) is 8.48. The SMILES string of the molecule is F.Nc1ccc(S(=O)(=O)O)cc1. The van der Waals surface area contributed by atoms with Crippen LogP contribution in [0.2, 0.25) is 0 Å². The van der Waals surface area contributed by atoms with Gasteiger partial charge in [0.15, 0.2) is 0 Å². The van der Waals surface area contributed by atoms with Crippen LogP contribution in [0, 0.1) is 0 Å². The molecule has 0 aliphatic carbocycles. The molecule has 0 aromatic heterocycles. The van der Waals surface area contributed by atoms with Gasteiger partial charge < -0.3 is 5.73 Å². The lowest BCUT2D eigenvalue weighted by molar-refractivity contribution is 0.483. The number of halogens is 1. The molecule has 0 unspecified atom stereocenters. The van der Waals surface area contributed by atoms with Gasteiger partial charge in [0, 0.05) is 5.69 Å². The van der Waals surface area contributed by atoms with Crippen molar-refractivity contribution < 1.29 is 17.7 Å². The number of hydrogen-bond donors (Lipinski definition) is 2. The molecule has 1 aromatic carbocycles.